The molecule has 0 saturated heterocycles. The highest BCUT2D eigenvalue weighted by Crippen LogP contribution is 2.13. The second-order valence-electron chi connectivity index (χ2n) is 4.32. The number of nitrogens with zero attached hydrogens (tertiary/aromatic N) is 1. The molecular formula is C14H17NO. The van der Waals surface area contributed by atoms with E-state index >= 15 is 0 Å². The molecule has 1 aliphatic heterocycles. The van der Waals surface area contributed by atoms with Gasteiger partial charge in [-0.25, -0.2) is 0 Å². The zero-order chi connectivity index (χ0) is 11.4. The highest BCUT2D eigenvalue weighted by Gasteiger charge is 2.18. The van der Waals surface area contributed by atoms with Crippen molar-refractivity contribution in [2.45, 2.75) is 13.5 Å². The van der Waals surface area contributed by atoms with Gasteiger partial charge in [-0.1, -0.05) is 42.5 Å². The van der Waals surface area contributed by atoms with Gasteiger partial charge in [0.2, 0.25) is 0 Å². The molecule has 0 saturated carbocycles. The number of rotatable bonds is 3. The van der Waals surface area contributed by atoms with E-state index in [1.807, 2.05) is 12.1 Å². The van der Waals surface area contributed by atoms with E-state index in [0.717, 1.165) is 19.6 Å². The minimum absolute atomic E-state index is 0.0810. The van der Waals surface area contributed by atoms with Gasteiger partial charge in [-0.05, 0) is 12.5 Å². The first-order valence-corrected chi connectivity index (χ1v) is 5.69. The van der Waals surface area contributed by atoms with E-state index < -0.39 is 0 Å². The maximum atomic E-state index is 11.3. The van der Waals surface area contributed by atoms with Crippen molar-refractivity contribution in [2.75, 3.05) is 13.1 Å². The Morgan fingerprint density at radius 1 is 1.38 bits per heavy atom. The summed E-state index contributed by atoms with van der Waals surface area (Å²) in [6, 6.07) is 10.4. The van der Waals surface area contributed by atoms with Gasteiger partial charge >= 0.3 is 0 Å². The van der Waals surface area contributed by atoms with Crippen LogP contribution in [0.1, 0.15) is 12.5 Å². The van der Waals surface area contributed by atoms with E-state index in [2.05, 4.69) is 35.2 Å². The highest BCUT2D eigenvalue weighted by molar-refractivity contribution is 5.80. The Balaban J connectivity index is 1.97. The summed E-state index contributed by atoms with van der Waals surface area (Å²) in [6.07, 6.45) is 4.13. The molecule has 0 aromatic heterocycles. The van der Waals surface area contributed by atoms with Gasteiger partial charge in [0.05, 0.1) is 0 Å². The molecule has 0 amide bonds. The maximum absolute atomic E-state index is 11.3. The Labute approximate surface area is 96.6 Å². The quantitative estimate of drug-likeness (QED) is 0.721. The van der Waals surface area contributed by atoms with Crippen LogP contribution in [0.2, 0.25) is 0 Å². The first-order chi connectivity index (χ1) is 7.75. The molecule has 1 aromatic carbocycles. The van der Waals surface area contributed by atoms with Crippen LogP contribution in [0.25, 0.3) is 0 Å². The fourth-order valence-electron chi connectivity index (χ4n) is 2.02. The van der Waals surface area contributed by atoms with Gasteiger partial charge in [-0.2, -0.15) is 0 Å². The molecule has 0 bridgehead atoms. The number of carbonyl (C=O) groups is 1. The molecule has 1 heterocycles. The summed E-state index contributed by atoms with van der Waals surface area (Å²) in [4.78, 5) is 13.6. The number of hydrogen-bond acceptors (Lipinski definition) is 2. The van der Waals surface area contributed by atoms with Gasteiger partial charge in [0.25, 0.3) is 0 Å². The third kappa shape index (κ3) is 2.80. The fraction of sp³-hybridized carbons (Fsp3) is 0.357. The molecule has 1 aromatic rings. The van der Waals surface area contributed by atoms with Crippen molar-refractivity contribution in [3.8, 4) is 0 Å². The van der Waals surface area contributed by atoms with Crippen molar-refractivity contribution in [1.82, 2.24) is 4.90 Å². The number of benzene rings is 1. The lowest BCUT2D eigenvalue weighted by molar-refractivity contribution is -0.120. The average Bonchev–Trinajstić information content (AvgIpc) is 2.30. The summed E-state index contributed by atoms with van der Waals surface area (Å²) in [7, 11) is 0. The number of Topliss-reactive ketones (excluding diaryl/α,β-unsaturated/α-hetero) is 1. The van der Waals surface area contributed by atoms with Gasteiger partial charge in [-0.3, -0.25) is 9.69 Å². The van der Waals surface area contributed by atoms with Crippen LogP contribution >= 0.6 is 0 Å². The predicted octanol–water partition coefficient (Wildman–Crippen LogP) is 2.26. The highest BCUT2D eigenvalue weighted by atomic mass is 16.1. The van der Waals surface area contributed by atoms with Crippen molar-refractivity contribution in [2.24, 2.45) is 5.92 Å². The lowest BCUT2D eigenvalue weighted by Crippen LogP contribution is -2.34. The standard InChI is InChI=1S/C14H17NO/c1-12(16)14-8-5-9-15(11-14)10-13-6-3-2-4-7-13/h2-8,14H,9-11H2,1H3. The van der Waals surface area contributed by atoms with Crippen LogP contribution in [0.3, 0.4) is 0 Å². The average molecular weight is 215 g/mol. The molecule has 0 aliphatic carbocycles. The van der Waals surface area contributed by atoms with E-state index in [9.17, 15) is 4.79 Å². The normalized spacial score (nSPS) is 20.9. The van der Waals surface area contributed by atoms with Gasteiger partial charge in [0.15, 0.2) is 0 Å². The third-order valence-corrected chi connectivity index (χ3v) is 2.96. The number of ketones is 1. The Kier molecular flexibility index (Phi) is 3.52. The van der Waals surface area contributed by atoms with Crippen LogP contribution in [0.15, 0.2) is 42.5 Å². The molecule has 0 N–H and O–H groups in total. The van der Waals surface area contributed by atoms with E-state index in [1.165, 1.54) is 5.56 Å². The van der Waals surface area contributed by atoms with Crippen LogP contribution in [-0.4, -0.2) is 23.8 Å². The van der Waals surface area contributed by atoms with Crippen LogP contribution < -0.4 is 0 Å². The molecule has 0 fully saturated rings. The molecule has 2 heteroatoms. The van der Waals surface area contributed by atoms with Gasteiger partial charge in [-0.15, -0.1) is 0 Å². The molecule has 0 spiro atoms. The first kappa shape index (κ1) is 11.1. The molecular weight excluding hydrogens is 198 g/mol. The minimum atomic E-state index is 0.0810. The molecule has 0 radical (unpaired) electrons. The van der Waals surface area contributed by atoms with Crippen LogP contribution in [-0.2, 0) is 11.3 Å². The first-order valence-electron chi connectivity index (χ1n) is 5.69. The van der Waals surface area contributed by atoms with Crippen molar-refractivity contribution >= 4 is 5.78 Å². The SMILES string of the molecule is CC(=O)C1C=CCN(Cc2ccccc2)C1. The second kappa shape index (κ2) is 5.08. The van der Waals surface area contributed by atoms with Crippen LogP contribution in [0.4, 0.5) is 0 Å². The Bertz CT molecular complexity index is 383. The predicted molar refractivity (Wildman–Crippen MR) is 65.0 cm³/mol. The van der Waals surface area contributed by atoms with E-state index in [4.69, 9.17) is 0 Å². The molecule has 1 unspecified atom stereocenters. The summed E-state index contributed by atoms with van der Waals surface area (Å²) < 4.78 is 0. The van der Waals surface area contributed by atoms with E-state index in [-0.39, 0.29) is 11.7 Å². The molecule has 2 rings (SSSR count). The summed E-state index contributed by atoms with van der Waals surface area (Å²) in [5.74, 6) is 0.339. The Morgan fingerprint density at radius 3 is 2.81 bits per heavy atom. The topological polar surface area (TPSA) is 20.3 Å². The fourth-order valence-corrected chi connectivity index (χ4v) is 2.02. The molecule has 1 atom stereocenters. The van der Waals surface area contributed by atoms with E-state index in [0.29, 0.717) is 0 Å². The van der Waals surface area contributed by atoms with Crippen LogP contribution in [0.5, 0.6) is 0 Å². The molecule has 84 valence electrons. The Morgan fingerprint density at radius 2 is 2.12 bits per heavy atom. The van der Waals surface area contributed by atoms with Crippen molar-refractivity contribution < 1.29 is 4.79 Å². The molecule has 1 aliphatic rings. The lowest BCUT2D eigenvalue weighted by Gasteiger charge is -2.27. The molecule has 16 heavy (non-hydrogen) atoms. The minimum Gasteiger partial charge on any atom is -0.299 e. The summed E-state index contributed by atoms with van der Waals surface area (Å²) >= 11 is 0. The smallest absolute Gasteiger partial charge is 0.137 e. The largest absolute Gasteiger partial charge is 0.299 e. The van der Waals surface area contributed by atoms with Crippen molar-refractivity contribution in [1.29, 1.82) is 0 Å². The summed E-state index contributed by atoms with van der Waals surface area (Å²) in [6.45, 7) is 4.38. The van der Waals surface area contributed by atoms with Gasteiger partial charge in [0, 0.05) is 25.6 Å². The maximum Gasteiger partial charge on any atom is 0.137 e. The van der Waals surface area contributed by atoms with Gasteiger partial charge in [0.1, 0.15) is 5.78 Å². The number of hydrogen-bond donors (Lipinski definition) is 0. The summed E-state index contributed by atoms with van der Waals surface area (Å²) in [5, 5.41) is 0. The van der Waals surface area contributed by atoms with Crippen molar-refractivity contribution in [3.63, 3.8) is 0 Å². The number of carbonyl (C=O) groups excluding carboxylic acids is 1. The van der Waals surface area contributed by atoms with Gasteiger partial charge < -0.3 is 0 Å². The monoisotopic (exact) mass is 215 g/mol. The zero-order valence-corrected chi connectivity index (χ0v) is 9.60. The zero-order valence-electron chi connectivity index (χ0n) is 9.60. The van der Waals surface area contributed by atoms with Crippen LogP contribution in [0, 0.1) is 5.92 Å². The summed E-state index contributed by atoms with van der Waals surface area (Å²) in [5.41, 5.74) is 1.31. The van der Waals surface area contributed by atoms with E-state index in [1.54, 1.807) is 6.92 Å². The lowest BCUT2D eigenvalue weighted by atomic mass is 10.0. The second-order valence-corrected chi connectivity index (χ2v) is 4.32. The Hall–Kier alpha value is -1.41. The third-order valence-electron chi connectivity index (χ3n) is 2.96. The van der Waals surface area contributed by atoms with Crippen molar-refractivity contribution in [3.05, 3.63) is 48.0 Å². The molecule has 2 nitrogen and oxygen atoms in total.